The normalized spacial score (nSPS) is 16.2. The standard InChI is InChI=1S/C19H22N2O3S/c1-4-13-16(19(23)24-3)11(2)17(20-13)18(22)21-14-9-10-25-15-8-6-5-7-12(14)15/h5-8,14,20H,4,9-10H2,1-3H3,(H,21,22)/t14-/m1/s1. The van der Waals surface area contributed by atoms with Gasteiger partial charge in [0.2, 0.25) is 0 Å². The number of methoxy groups -OCH3 is 1. The summed E-state index contributed by atoms with van der Waals surface area (Å²) in [4.78, 5) is 29.2. The van der Waals surface area contributed by atoms with Crippen LogP contribution in [0, 0.1) is 6.92 Å². The zero-order chi connectivity index (χ0) is 18.0. The van der Waals surface area contributed by atoms with E-state index in [0.717, 1.165) is 23.4 Å². The van der Waals surface area contributed by atoms with E-state index in [0.29, 0.717) is 23.2 Å². The molecule has 1 aliphatic heterocycles. The van der Waals surface area contributed by atoms with Crippen molar-refractivity contribution in [2.75, 3.05) is 12.9 Å². The summed E-state index contributed by atoms with van der Waals surface area (Å²) in [6.45, 7) is 3.72. The Morgan fingerprint density at radius 3 is 2.84 bits per heavy atom. The van der Waals surface area contributed by atoms with Gasteiger partial charge in [-0.15, -0.1) is 11.8 Å². The summed E-state index contributed by atoms with van der Waals surface area (Å²) in [5, 5.41) is 3.12. The van der Waals surface area contributed by atoms with Crippen molar-refractivity contribution in [3.63, 3.8) is 0 Å². The Labute approximate surface area is 151 Å². The van der Waals surface area contributed by atoms with Crippen LogP contribution < -0.4 is 5.32 Å². The molecule has 1 aromatic carbocycles. The zero-order valence-corrected chi connectivity index (χ0v) is 15.5. The molecule has 0 radical (unpaired) electrons. The second kappa shape index (κ2) is 7.35. The Bertz CT molecular complexity index is 813. The first-order valence-electron chi connectivity index (χ1n) is 8.39. The van der Waals surface area contributed by atoms with Gasteiger partial charge in [0.15, 0.2) is 0 Å². The van der Waals surface area contributed by atoms with E-state index in [1.807, 2.05) is 30.8 Å². The van der Waals surface area contributed by atoms with Gasteiger partial charge in [-0.1, -0.05) is 25.1 Å². The predicted molar refractivity (Wildman–Crippen MR) is 98.2 cm³/mol. The van der Waals surface area contributed by atoms with Crippen molar-refractivity contribution in [3.8, 4) is 0 Å². The molecular formula is C19H22N2O3S. The minimum atomic E-state index is -0.413. The molecule has 2 heterocycles. The molecule has 132 valence electrons. The first-order chi connectivity index (χ1) is 12.1. The topological polar surface area (TPSA) is 71.2 Å². The molecule has 1 aliphatic rings. The van der Waals surface area contributed by atoms with Crippen LogP contribution in [0.25, 0.3) is 0 Å². The first kappa shape index (κ1) is 17.6. The molecule has 0 saturated heterocycles. The minimum absolute atomic E-state index is 0.0145. The van der Waals surface area contributed by atoms with Crippen LogP contribution in [-0.2, 0) is 11.2 Å². The molecule has 6 heteroatoms. The van der Waals surface area contributed by atoms with E-state index in [-0.39, 0.29) is 11.9 Å². The average molecular weight is 358 g/mol. The lowest BCUT2D eigenvalue weighted by Crippen LogP contribution is -2.31. The Hall–Kier alpha value is -2.21. The first-order valence-corrected chi connectivity index (χ1v) is 9.37. The highest BCUT2D eigenvalue weighted by molar-refractivity contribution is 7.99. The molecule has 2 aromatic rings. The van der Waals surface area contributed by atoms with Crippen molar-refractivity contribution >= 4 is 23.6 Å². The summed E-state index contributed by atoms with van der Waals surface area (Å²) in [6.07, 6.45) is 1.51. The molecule has 1 amide bonds. The summed E-state index contributed by atoms with van der Waals surface area (Å²) >= 11 is 1.82. The van der Waals surface area contributed by atoms with Gasteiger partial charge in [-0.25, -0.2) is 4.79 Å². The maximum absolute atomic E-state index is 12.8. The second-order valence-electron chi connectivity index (χ2n) is 6.02. The average Bonchev–Trinajstić information content (AvgIpc) is 2.98. The van der Waals surface area contributed by atoms with Gasteiger partial charge in [0, 0.05) is 16.3 Å². The van der Waals surface area contributed by atoms with Crippen LogP contribution in [0.3, 0.4) is 0 Å². The lowest BCUT2D eigenvalue weighted by atomic mass is 10.0. The molecular weight excluding hydrogens is 336 g/mol. The van der Waals surface area contributed by atoms with Crippen molar-refractivity contribution in [3.05, 3.63) is 52.3 Å². The van der Waals surface area contributed by atoms with Crippen LogP contribution >= 0.6 is 11.8 Å². The summed E-state index contributed by atoms with van der Waals surface area (Å²) in [5.74, 6) is 0.373. The fraction of sp³-hybridized carbons (Fsp3) is 0.368. The number of thioether (sulfide) groups is 1. The summed E-state index contributed by atoms with van der Waals surface area (Å²) in [5.41, 5.74) is 3.43. The fourth-order valence-electron chi connectivity index (χ4n) is 3.25. The molecule has 0 aliphatic carbocycles. The van der Waals surface area contributed by atoms with E-state index in [9.17, 15) is 9.59 Å². The van der Waals surface area contributed by atoms with Crippen molar-refractivity contribution in [2.45, 2.75) is 37.6 Å². The van der Waals surface area contributed by atoms with Gasteiger partial charge in [0.05, 0.1) is 18.7 Å². The number of hydrogen-bond donors (Lipinski definition) is 2. The number of fused-ring (bicyclic) bond motifs is 1. The number of aryl methyl sites for hydroxylation is 1. The van der Waals surface area contributed by atoms with Crippen LogP contribution in [0.5, 0.6) is 0 Å². The second-order valence-corrected chi connectivity index (χ2v) is 7.16. The van der Waals surface area contributed by atoms with Gasteiger partial charge in [-0.2, -0.15) is 0 Å². The van der Waals surface area contributed by atoms with Crippen LogP contribution in [-0.4, -0.2) is 29.7 Å². The molecule has 2 N–H and O–H groups in total. The van der Waals surface area contributed by atoms with E-state index in [1.165, 1.54) is 12.0 Å². The third-order valence-electron chi connectivity index (χ3n) is 4.56. The number of carbonyl (C=O) groups is 2. The molecule has 0 bridgehead atoms. The number of rotatable bonds is 4. The summed E-state index contributed by atoms with van der Waals surface area (Å²) < 4.78 is 4.86. The van der Waals surface area contributed by atoms with E-state index in [1.54, 1.807) is 6.92 Å². The highest BCUT2D eigenvalue weighted by atomic mass is 32.2. The molecule has 5 nitrogen and oxygen atoms in total. The number of amides is 1. The smallest absolute Gasteiger partial charge is 0.339 e. The van der Waals surface area contributed by atoms with Gasteiger partial charge in [0.1, 0.15) is 5.69 Å². The number of H-pyrrole nitrogens is 1. The number of hydrogen-bond acceptors (Lipinski definition) is 4. The third-order valence-corrected chi connectivity index (χ3v) is 5.68. The highest BCUT2D eigenvalue weighted by Crippen LogP contribution is 2.36. The van der Waals surface area contributed by atoms with E-state index in [2.05, 4.69) is 22.4 Å². The summed E-state index contributed by atoms with van der Waals surface area (Å²) in [6, 6.07) is 8.14. The number of aromatic nitrogens is 1. The minimum Gasteiger partial charge on any atom is -0.465 e. The molecule has 0 fully saturated rings. The van der Waals surface area contributed by atoms with E-state index in [4.69, 9.17) is 4.74 Å². The quantitative estimate of drug-likeness (QED) is 0.819. The van der Waals surface area contributed by atoms with Crippen molar-refractivity contribution in [2.24, 2.45) is 0 Å². The Morgan fingerprint density at radius 2 is 2.12 bits per heavy atom. The maximum atomic E-state index is 12.8. The fourth-order valence-corrected chi connectivity index (χ4v) is 4.38. The van der Waals surface area contributed by atoms with Crippen LogP contribution in [0.2, 0.25) is 0 Å². The lowest BCUT2D eigenvalue weighted by Gasteiger charge is -2.25. The molecule has 0 spiro atoms. The number of ether oxygens (including phenoxy) is 1. The number of carbonyl (C=O) groups excluding carboxylic acids is 2. The maximum Gasteiger partial charge on any atom is 0.339 e. The van der Waals surface area contributed by atoms with Crippen LogP contribution in [0.4, 0.5) is 0 Å². The van der Waals surface area contributed by atoms with Gasteiger partial charge >= 0.3 is 5.97 Å². The van der Waals surface area contributed by atoms with E-state index >= 15 is 0 Å². The van der Waals surface area contributed by atoms with Gasteiger partial charge in [-0.3, -0.25) is 4.79 Å². The molecule has 1 aromatic heterocycles. The van der Waals surface area contributed by atoms with Crippen molar-refractivity contribution < 1.29 is 14.3 Å². The van der Waals surface area contributed by atoms with Crippen molar-refractivity contribution in [1.82, 2.24) is 10.3 Å². The highest BCUT2D eigenvalue weighted by Gasteiger charge is 2.27. The molecule has 0 unspecified atom stereocenters. The SMILES string of the molecule is CCc1[nH]c(C(=O)N[C@@H]2CCSc3ccccc32)c(C)c1C(=O)OC. The van der Waals surface area contributed by atoms with Crippen LogP contribution in [0.15, 0.2) is 29.2 Å². The van der Waals surface area contributed by atoms with E-state index < -0.39 is 5.97 Å². The zero-order valence-electron chi connectivity index (χ0n) is 14.6. The lowest BCUT2D eigenvalue weighted by molar-refractivity contribution is 0.0599. The number of benzene rings is 1. The van der Waals surface area contributed by atoms with Gasteiger partial charge < -0.3 is 15.0 Å². The van der Waals surface area contributed by atoms with Crippen molar-refractivity contribution in [1.29, 1.82) is 0 Å². The Balaban J connectivity index is 1.88. The van der Waals surface area contributed by atoms with Crippen LogP contribution in [0.1, 0.15) is 57.1 Å². The molecule has 0 saturated carbocycles. The number of aromatic amines is 1. The monoisotopic (exact) mass is 358 g/mol. The molecule has 1 atom stereocenters. The third kappa shape index (κ3) is 3.31. The van der Waals surface area contributed by atoms with Gasteiger partial charge in [0.25, 0.3) is 5.91 Å². The Morgan fingerprint density at radius 1 is 1.36 bits per heavy atom. The molecule has 3 rings (SSSR count). The van der Waals surface area contributed by atoms with Gasteiger partial charge in [-0.05, 0) is 37.0 Å². The summed E-state index contributed by atoms with van der Waals surface area (Å²) in [7, 11) is 1.35. The number of esters is 1. The predicted octanol–water partition coefficient (Wildman–Crippen LogP) is 3.64. The molecule has 25 heavy (non-hydrogen) atoms. The largest absolute Gasteiger partial charge is 0.465 e. The number of nitrogens with one attached hydrogen (secondary N) is 2. The Kier molecular flexibility index (Phi) is 5.18.